The second-order valence-electron chi connectivity index (χ2n) is 4.04. The maximum atomic E-state index is 13.0. The van der Waals surface area contributed by atoms with Crippen LogP contribution < -0.4 is 4.74 Å². The van der Waals surface area contributed by atoms with E-state index in [1.807, 2.05) is 0 Å². The van der Waals surface area contributed by atoms with Crippen molar-refractivity contribution in [3.05, 3.63) is 28.5 Å². The van der Waals surface area contributed by atoms with Gasteiger partial charge < -0.3 is 4.74 Å². The van der Waals surface area contributed by atoms with Crippen molar-refractivity contribution in [1.29, 1.82) is 0 Å². The van der Waals surface area contributed by atoms with E-state index in [0.29, 0.717) is 24.2 Å². The molecule has 0 heterocycles. The van der Waals surface area contributed by atoms with E-state index in [1.54, 1.807) is 6.07 Å². The Morgan fingerprint density at radius 2 is 2.06 bits per heavy atom. The highest BCUT2D eigenvalue weighted by Gasteiger charge is 2.13. The van der Waals surface area contributed by atoms with Crippen LogP contribution in [0.3, 0.4) is 0 Å². The smallest absolute Gasteiger partial charge is 0.136 e. The summed E-state index contributed by atoms with van der Waals surface area (Å²) in [7, 11) is 0. The van der Waals surface area contributed by atoms with Crippen LogP contribution in [0, 0.1) is 17.7 Å². The Labute approximate surface area is 113 Å². The first-order chi connectivity index (χ1) is 7.54. The van der Waals surface area contributed by atoms with E-state index < -0.39 is 0 Å². The summed E-state index contributed by atoms with van der Waals surface area (Å²) >= 11 is 6.79. The third-order valence-corrected chi connectivity index (χ3v) is 3.97. The maximum Gasteiger partial charge on any atom is 0.136 e. The molecular formula is C12H15Br2FO. The van der Waals surface area contributed by atoms with Gasteiger partial charge in [-0.3, -0.25) is 0 Å². The lowest BCUT2D eigenvalue weighted by atomic mass is 9.99. The quantitative estimate of drug-likeness (QED) is 0.701. The lowest BCUT2D eigenvalue weighted by Gasteiger charge is -2.19. The Hall–Kier alpha value is -0.0900. The largest absolute Gasteiger partial charge is 0.492 e. The number of hydrogen-bond donors (Lipinski definition) is 0. The molecule has 90 valence electrons. The van der Waals surface area contributed by atoms with E-state index in [0.717, 1.165) is 9.80 Å². The molecule has 0 saturated heterocycles. The van der Waals surface area contributed by atoms with E-state index in [2.05, 4.69) is 45.7 Å². The lowest BCUT2D eigenvalue weighted by molar-refractivity contribution is 0.226. The van der Waals surface area contributed by atoms with Crippen LogP contribution in [-0.2, 0) is 0 Å². The molecule has 0 radical (unpaired) electrons. The van der Waals surface area contributed by atoms with Gasteiger partial charge in [0.2, 0.25) is 0 Å². The van der Waals surface area contributed by atoms with Gasteiger partial charge in [0.05, 0.1) is 11.1 Å². The van der Waals surface area contributed by atoms with Crippen molar-refractivity contribution >= 4 is 31.9 Å². The van der Waals surface area contributed by atoms with Gasteiger partial charge in [0.25, 0.3) is 0 Å². The average molecular weight is 354 g/mol. The SMILES string of the molecule is CC(C)C(CBr)COc1cc(F)ccc1Br. The van der Waals surface area contributed by atoms with Crippen LogP contribution in [-0.4, -0.2) is 11.9 Å². The molecule has 0 aromatic heterocycles. The Bertz CT molecular complexity index is 342. The van der Waals surface area contributed by atoms with Crippen LogP contribution in [0.2, 0.25) is 0 Å². The average Bonchev–Trinajstić information content (AvgIpc) is 2.23. The van der Waals surface area contributed by atoms with Gasteiger partial charge in [0.1, 0.15) is 11.6 Å². The monoisotopic (exact) mass is 352 g/mol. The summed E-state index contributed by atoms with van der Waals surface area (Å²) in [5, 5.41) is 0.887. The summed E-state index contributed by atoms with van der Waals surface area (Å²) in [6.07, 6.45) is 0. The minimum Gasteiger partial charge on any atom is -0.492 e. The number of alkyl halides is 1. The molecule has 0 aliphatic rings. The fraction of sp³-hybridized carbons (Fsp3) is 0.500. The second kappa shape index (κ2) is 6.60. The van der Waals surface area contributed by atoms with E-state index in [4.69, 9.17) is 4.74 Å². The first-order valence-corrected chi connectivity index (χ1v) is 7.10. The van der Waals surface area contributed by atoms with Gasteiger partial charge in [-0.05, 0) is 34.0 Å². The molecule has 1 atom stereocenters. The first kappa shape index (κ1) is 14.0. The van der Waals surface area contributed by atoms with Gasteiger partial charge in [-0.15, -0.1) is 0 Å². The van der Waals surface area contributed by atoms with Crippen molar-refractivity contribution in [2.75, 3.05) is 11.9 Å². The topological polar surface area (TPSA) is 9.23 Å². The van der Waals surface area contributed by atoms with Crippen LogP contribution in [0.5, 0.6) is 5.75 Å². The third-order valence-electron chi connectivity index (χ3n) is 2.49. The van der Waals surface area contributed by atoms with Crippen LogP contribution in [0.25, 0.3) is 0 Å². The molecule has 0 fully saturated rings. The summed E-state index contributed by atoms with van der Waals surface area (Å²) in [5.74, 6) is 1.24. The molecule has 1 nitrogen and oxygen atoms in total. The normalized spacial score (nSPS) is 12.9. The molecule has 0 N–H and O–H groups in total. The predicted octanol–water partition coefficient (Wildman–Crippen LogP) is 4.63. The minimum atomic E-state index is -0.280. The number of rotatable bonds is 5. The summed E-state index contributed by atoms with van der Waals surface area (Å²) < 4.78 is 19.4. The van der Waals surface area contributed by atoms with E-state index in [1.165, 1.54) is 12.1 Å². The van der Waals surface area contributed by atoms with E-state index >= 15 is 0 Å². The Morgan fingerprint density at radius 1 is 1.38 bits per heavy atom. The summed E-state index contributed by atoms with van der Waals surface area (Å²) in [6, 6.07) is 4.46. The molecule has 1 aromatic rings. The maximum absolute atomic E-state index is 13.0. The fourth-order valence-corrected chi connectivity index (χ4v) is 2.50. The van der Waals surface area contributed by atoms with Crippen molar-refractivity contribution in [2.24, 2.45) is 11.8 Å². The molecule has 16 heavy (non-hydrogen) atoms. The van der Waals surface area contributed by atoms with Gasteiger partial charge in [0.15, 0.2) is 0 Å². The number of ether oxygens (including phenoxy) is 1. The molecule has 0 aliphatic carbocycles. The molecule has 0 bridgehead atoms. The van der Waals surface area contributed by atoms with Gasteiger partial charge in [0, 0.05) is 17.3 Å². The lowest BCUT2D eigenvalue weighted by Crippen LogP contribution is -2.19. The molecule has 0 saturated carbocycles. The molecule has 1 rings (SSSR count). The summed E-state index contributed by atoms with van der Waals surface area (Å²) in [4.78, 5) is 0. The third kappa shape index (κ3) is 4.06. The summed E-state index contributed by atoms with van der Waals surface area (Å²) in [5.41, 5.74) is 0. The van der Waals surface area contributed by atoms with Crippen LogP contribution >= 0.6 is 31.9 Å². The number of hydrogen-bond acceptors (Lipinski definition) is 1. The fourth-order valence-electron chi connectivity index (χ4n) is 1.20. The van der Waals surface area contributed by atoms with Crippen molar-refractivity contribution in [3.63, 3.8) is 0 Å². The van der Waals surface area contributed by atoms with Crippen LogP contribution in [0.1, 0.15) is 13.8 Å². The predicted molar refractivity (Wildman–Crippen MR) is 71.7 cm³/mol. The molecule has 0 aliphatic heterocycles. The molecule has 0 spiro atoms. The van der Waals surface area contributed by atoms with Crippen molar-refractivity contribution in [1.82, 2.24) is 0 Å². The van der Waals surface area contributed by atoms with Crippen molar-refractivity contribution in [3.8, 4) is 5.75 Å². The molecule has 0 amide bonds. The van der Waals surface area contributed by atoms with Gasteiger partial charge in [-0.1, -0.05) is 29.8 Å². The molecule has 1 unspecified atom stereocenters. The molecule has 1 aromatic carbocycles. The minimum absolute atomic E-state index is 0.280. The van der Waals surface area contributed by atoms with Crippen LogP contribution in [0.4, 0.5) is 4.39 Å². The van der Waals surface area contributed by atoms with Crippen molar-refractivity contribution < 1.29 is 9.13 Å². The summed E-state index contributed by atoms with van der Waals surface area (Å²) in [6.45, 7) is 4.89. The van der Waals surface area contributed by atoms with Crippen LogP contribution in [0.15, 0.2) is 22.7 Å². The van der Waals surface area contributed by atoms with Gasteiger partial charge in [-0.25, -0.2) is 4.39 Å². The number of halogens is 3. The van der Waals surface area contributed by atoms with Gasteiger partial charge in [-0.2, -0.15) is 0 Å². The van der Waals surface area contributed by atoms with E-state index in [9.17, 15) is 4.39 Å². The van der Waals surface area contributed by atoms with Crippen molar-refractivity contribution in [2.45, 2.75) is 13.8 Å². The van der Waals surface area contributed by atoms with Gasteiger partial charge >= 0.3 is 0 Å². The first-order valence-electron chi connectivity index (χ1n) is 5.18. The highest BCUT2D eigenvalue weighted by atomic mass is 79.9. The Balaban J connectivity index is 2.63. The zero-order valence-electron chi connectivity index (χ0n) is 9.34. The zero-order chi connectivity index (χ0) is 12.1. The highest BCUT2D eigenvalue weighted by molar-refractivity contribution is 9.10. The number of benzene rings is 1. The Morgan fingerprint density at radius 3 is 2.62 bits per heavy atom. The second-order valence-corrected chi connectivity index (χ2v) is 5.55. The van der Waals surface area contributed by atoms with E-state index in [-0.39, 0.29) is 5.82 Å². The zero-order valence-corrected chi connectivity index (χ0v) is 12.5. The molecular weight excluding hydrogens is 339 g/mol. The molecule has 4 heteroatoms. The standard InChI is InChI=1S/C12H15Br2FO/c1-8(2)9(6-13)7-16-12-5-10(15)3-4-11(12)14/h3-5,8-9H,6-7H2,1-2H3. The Kier molecular flexibility index (Phi) is 5.76. The highest BCUT2D eigenvalue weighted by Crippen LogP contribution is 2.26.